The highest BCUT2D eigenvalue weighted by Crippen LogP contribution is 2.58. The van der Waals surface area contributed by atoms with Crippen LogP contribution < -0.4 is 21.3 Å². The Bertz CT molecular complexity index is 4020. The molecule has 0 fully saturated rings. The van der Waals surface area contributed by atoms with Crippen molar-refractivity contribution in [3.8, 4) is 22.3 Å². The number of hydrogen-bond donors (Lipinski definition) is 1. The summed E-state index contributed by atoms with van der Waals surface area (Å²) in [5.74, 6) is 0. The summed E-state index contributed by atoms with van der Waals surface area (Å²) in [6, 6.07) is 71.9. The van der Waals surface area contributed by atoms with Crippen LogP contribution in [0.5, 0.6) is 0 Å². The molecule has 0 spiro atoms. The molecule has 0 unspecified atom stereocenters. The molecule has 0 saturated carbocycles. The van der Waals surface area contributed by atoms with E-state index in [-0.39, 0.29) is 16.2 Å². The van der Waals surface area contributed by atoms with E-state index in [9.17, 15) is 0 Å². The lowest BCUT2D eigenvalue weighted by Crippen LogP contribution is -2.40. The van der Waals surface area contributed by atoms with Crippen LogP contribution in [0.4, 0.5) is 28.4 Å². The second-order valence-corrected chi connectivity index (χ2v) is 23.5. The first-order valence-corrected chi connectivity index (χ1v) is 26.5. The number of nitrogens with one attached hydrogen (secondary N) is 1. The lowest BCUT2D eigenvalue weighted by Gasteiger charge is -2.43. The quantitative estimate of drug-likeness (QED) is 0.175. The van der Waals surface area contributed by atoms with Gasteiger partial charge in [0.05, 0.1) is 28.1 Å². The Labute approximate surface area is 434 Å². The van der Waals surface area contributed by atoms with Crippen molar-refractivity contribution < 1.29 is 8.83 Å². The summed E-state index contributed by atoms with van der Waals surface area (Å²) < 4.78 is 14.6. The molecule has 5 heteroatoms. The molecule has 9 aromatic carbocycles. The third-order valence-corrected chi connectivity index (χ3v) is 17.2. The zero-order valence-corrected chi connectivity index (χ0v) is 43.4. The molecule has 74 heavy (non-hydrogen) atoms. The van der Waals surface area contributed by atoms with Crippen LogP contribution in [-0.2, 0) is 21.7 Å². The SMILES string of the molecule is CC(C)(C)c1ccc(N2c3cc4oc5ccccc5c4c(-c4cccc5c4Nc4ccccc4C5(c4ccccc4)c4ccccc4)c3Bc3oc4cc5c(cc4c32)C(C)(C)CCC5(C)C)c(-c2ccccc2)c1. The number of nitrogens with zero attached hydrogens (tertiary/aromatic N) is 1. The minimum atomic E-state index is -0.639. The summed E-state index contributed by atoms with van der Waals surface area (Å²) in [6.45, 7) is 16.6. The molecular weight excluding hydrogens is 900 g/mol. The Morgan fingerprint density at radius 1 is 0.514 bits per heavy atom. The standard InChI is InChI=1S/C69H59BN2O2/c1-66(2,3)45-34-35-55(48(38-45)42-22-11-8-12-23-42)72-56-41-59-60(46-28-17-20-33-57(46)73-59)61(62(56)70-65-64(72)49-39-52-53(40-58(49)74-65)68(6,7)37-36-67(52,4)5)47-29-21-31-51-63(47)71-54-32-19-18-30-50(54)69(51,43-24-13-9-14-25-43)44-26-15-10-16-27-44/h8-35,38-41,70-71H,36-37H2,1-7H3. The highest BCUT2D eigenvalue weighted by Gasteiger charge is 2.46. The molecule has 14 rings (SSSR count). The van der Waals surface area contributed by atoms with Crippen LogP contribution in [0.2, 0.25) is 0 Å². The highest BCUT2D eigenvalue weighted by molar-refractivity contribution is 6.73. The third kappa shape index (κ3) is 6.48. The largest absolute Gasteiger partial charge is 0.469 e. The average Bonchev–Trinajstić information content (AvgIpc) is 3.97. The van der Waals surface area contributed by atoms with Gasteiger partial charge in [-0.15, -0.1) is 0 Å². The van der Waals surface area contributed by atoms with Crippen LogP contribution >= 0.6 is 0 Å². The van der Waals surface area contributed by atoms with Crippen molar-refractivity contribution in [1.82, 2.24) is 0 Å². The van der Waals surface area contributed by atoms with Gasteiger partial charge in [0.25, 0.3) is 0 Å². The minimum absolute atomic E-state index is 0.00447. The molecule has 0 amide bonds. The summed E-state index contributed by atoms with van der Waals surface area (Å²) in [5, 5.41) is 7.46. The monoisotopic (exact) mass is 958 g/mol. The molecule has 0 atom stereocenters. The Morgan fingerprint density at radius 2 is 1.15 bits per heavy atom. The van der Waals surface area contributed by atoms with E-state index >= 15 is 0 Å². The van der Waals surface area contributed by atoms with Gasteiger partial charge >= 0.3 is 0 Å². The molecule has 3 aliphatic rings. The van der Waals surface area contributed by atoms with Gasteiger partial charge in [-0.1, -0.05) is 200 Å². The van der Waals surface area contributed by atoms with Gasteiger partial charge in [0.15, 0.2) is 0 Å². The molecule has 0 bridgehead atoms. The van der Waals surface area contributed by atoms with Gasteiger partial charge in [-0.05, 0) is 121 Å². The topological polar surface area (TPSA) is 41.6 Å². The van der Waals surface area contributed by atoms with Gasteiger partial charge in [-0.3, -0.25) is 0 Å². The van der Waals surface area contributed by atoms with E-state index in [0.717, 1.165) is 91.0 Å². The maximum atomic E-state index is 7.45. The number of fused-ring (bicyclic) bond motifs is 10. The lowest BCUT2D eigenvalue weighted by atomic mass is 9.59. The van der Waals surface area contributed by atoms with Crippen molar-refractivity contribution in [2.24, 2.45) is 0 Å². The number of rotatable bonds is 5. The number of furan rings is 2. The van der Waals surface area contributed by atoms with Gasteiger partial charge in [0, 0.05) is 44.7 Å². The number of benzene rings is 9. The summed E-state index contributed by atoms with van der Waals surface area (Å²) in [5.41, 5.74) is 23.1. The smallest absolute Gasteiger partial charge is 0.244 e. The van der Waals surface area contributed by atoms with Crippen molar-refractivity contribution in [2.45, 2.75) is 83.0 Å². The maximum absolute atomic E-state index is 7.45. The predicted molar refractivity (Wildman–Crippen MR) is 311 cm³/mol. The average molecular weight is 959 g/mol. The zero-order chi connectivity index (χ0) is 50.3. The Hall–Kier alpha value is -8.02. The molecule has 1 aliphatic carbocycles. The Kier molecular flexibility index (Phi) is 9.65. The summed E-state index contributed by atoms with van der Waals surface area (Å²) in [6.07, 6.45) is 2.25. The zero-order valence-electron chi connectivity index (χ0n) is 43.4. The van der Waals surface area contributed by atoms with Crippen molar-refractivity contribution in [1.29, 1.82) is 0 Å². The van der Waals surface area contributed by atoms with E-state index in [4.69, 9.17) is 8.83 Å². The molecule has 4 heterocycles. The Balaban J connectivity index is 1.13. The second kappa shape index (κ2) is 16.0. The van der Waals surface area contributed by atoms with Gasteiger partial charge < -0.3 is 19.1 Å². The van der Waals surface area contributed by atoms with Crippen molar-refractivity contribution in [3.05, 3.63) is 233 Å². The summed E-state index contributed by atoms with van der Waals surface area (Å²) >= 11 is 0. The number of para-hydroxylation sites is 3. The summed E-state index contributed by atoms with van der Waals surface area (Å²) in [4.78, 5) is 2.55. The third-order valence-electron chi connectivity index (χ3n) is 17.2. The van der Waals surface area contributed by atoms with Crippen LogP contribution in [0.15, 0.2) is 203 Å². The predicted octanol–water partition coefficient (Wildman–Crippen LogP) is 16.9. The van der Waals surface area contributed by atoms with E-state index < -0.39 is 5.41 Å². The van der Waals surface area contributed by atoms with E-state index in [1.165, 1.54) is 55.5 Å². The second-order valence-electron chi connectivity index (χ2n) is 23.5. The van der Waals surface area contributed by atoms with E-state index in [1.807, 2.05) is 0 Å². The molecule has 1 N–H and O–H groups in total. The first-order valence-electron chi connectivity index (χ1n) is 26.5. The molecule has 360 valence electrons. The van der Waals surface area contributed by atoms with Crippen LogP contribution in [-0.4, -0.2) is 7.28 Å². The van der Waals surface area contributed by atoms with E-state index in [2.05, 4.69) is 253 Å². The number of anilines is 5. The minimum Gasteiger partial charge on any atom is -0.469 e. The molecule has 4 nitrogen and oxygen atoms in total. The van der Waals surface area contributed by atoms with E-state index in [1.54, 1.807) is 0 Å². The maximum Gasteiger partial charge on any atom is 0.244 e. The molecule has 0 radical (unpaired) electrons. The van der Waals surface area contributed by atoms with Crippen LogP contribution in [0.3, 0.4) is 0 Å². The van der Waals surface area contributed by atoms with Crippen LogP contribution in [0.1, 0.15) is 100 Å². The normalized spacial score (nSPS) is 15.9. The lowest BCUT2D eigenvalue weighted by molar-refractivity contribution is 0.332. The first kappa shape index (κ1) is 44.7. The fourth-order valence-corrected chi connectivity index (χ4v) is 13.3. The van der Waals surface area contributed by atoms with Crippen molar-refractivity contribution >= 4 is 79.7 Å². The Morgan fingerprint density at radius 3 is 1.86 bits per heavy atom. The van der Waals surface area contributed by atoms with Gasteiger partial charge in [0.1, 0.15) is 16.7 Å². The van der Waals surface area contributed by atoms with Crippen molar-refractivity contribution in [2.75, 3.05) is 10.2 Å². The fraction of sp³-hybridized carbons (Fsp3) is 0.188. The van der Waals surface area contributed by atoms with Crippen LogP contribution in [0.25, 0.3) is 55.2 Å². The molecule has 11 aromatic rings. The number of hydrogen-bond acceptors (Lipinski definition) is 4. The summed E-state index contributed by atoms with van der Waals surface area (Å²) in [7, 11) is 0.585. The van der Waals surface area contributed by atoms with Crippen LogP contribution in [0, 0.1) is 0 Å². The van der Waals surface area contributed by atoms with Crippen molar-refractivity contribution in [3.63, 3.8) is 0 Å². The van der Waals surface area contributed by atoms with Gasteiger partial charge in [-0.25, -0.2) is 0 Å². The molecule has 2 aliphatic heterocycles. The van der Waals surface area contributed by atoms with Gasteiger partial charge in [-0.2, -0.15) is 0 Å². The molecular formula is C69H59BN2O2. The highest BCUT2D eigenvalue weighted by atomic mass is 16.3. The fourth-order valence-electron chi connectivity index (χ4n) is 13.3. The molecule has 0 saturated heterocycles. The first-order chi connectivity index (χ1) is 35.8. The van der Waals surface area contributed by atoms with Gasteiger partial charge in [0.2, 0.25) is 7.28 Å². The molecule has 2 aromatic heterocycles. The van der Waals surface area contributed by atoms with E-state index in [0.29, 0.717) is 7.28 Å².